The molecule has 1 saturated heterocycles. The summed E-state index contributed by atoms with van der Waals surface area (Å²) in [5.41, 5.74) is 1.97. The molecule has 1 fully saturated rings. The molecule has 0 unspecified atom stereocenters. The quantitative estimate of drug-likeness (QED) is 0.782. The standard InChI is InChI=1S/C20H20N4O4S/c25-18(22-14-7-9-15(10-8-14)24-13-3-6-19(24)26)11-12-21-20-16-4-1-2-5-17(16)29(27,28)23-20/h1-2,4-5,7-10H,3,6,11-13H2,(H,21,23)(H,22,25). The molecular formula is C20H20N4O4S. The van der Waals surface area contributed by atoms with Gasteiger partial charge in [-0.3, -0.25) is 19.3 Å². The second-order valence-corrected chi connectivity index (χ2v) is 8.48. The van der Waals surface area contributed by atoms with Crippen LogP contribution in [0.4, 0.5) is 11.4 Å². The molecular weight excluding hydrogens is 392 g/mol. The average molecular weight is 412 g/mol. The highest BCUT2D eigenvalue weighted by molar-refractivity contribution is 7.90. The summed E-state index contributed by atoms with van der Waals surface area (Å²) in [7, 11) is -3.58. The van der Waals surface area contributed by atoms with Crippen molar-refractivity contribution in [3.63, 3.8) is 0 Å². The largest absolute Gasteiger partial charge is 0.326 e. The summed E-state index contributed by atoms with van der Waals surface area (Å²) in [6, 6.07) is 13.7. The SMILES string of the molecule is O=C(CCN=C1NS(=O)(=O)c2ccccc21)Nc1ccc(N2CCCC2=O)cc1. The number of amides is 2. The molecule has 0 bridgehead atoms. The first-order chi connectivity index (χ1) is 13.9. The third kappa shape index (κ3) is 4.00. The lowest BCUT2D eigenvalue weighted by Crippen LogP contribution is -2.23. The fourth-order valence-electron chi connectivity index (χ4n) is 3.39. The van der Waals surface area contributed by atoms with Crippen LogP contribution in [0.3, 0.4) is 0 Å². The van der Waals surface area contributed by atoms with Crippen molar-refractivity contribution in [3.8, 4) is 0 Å². The van der Waals surface area contributed by atoms with E-state index >= 15 is 0 Å². The Kier molecular flexibility index (Phi) is 5.06. The molecule has 0 aliphatic carbocycles. The van der Waals surface area contributed by atoms with Gasteiger partial charge < -0.3 is 10.2 Å². The van der Waals surface area contributed by atoms with E-state index in [1.165, 1.54) is 6.07 Å². The number of hydrogen-bond acceptors (Lipinski definition) is 5. The van der Waals surface area contributed by atoms with Gasteiger partial charge in [0.15, 0.2) is 0 Å². The van der Waals surface area contributed by atoms with E-state index in [2.05, 4.69) is 15.0 Å². The van der Waals surface area contributed by atoms with E-state index in [0.29, 0.717) is 17.7 Å². The molecule has 150 valence electrons. The Hall–Kier alpha value is -3.20. The van der Waals surface area contributed by atoms with Crippen LogP contribution in [0.25, 0.3) is 0 Å². The molecule has 9 heteroatoms. The van der Waals surface area contributed by atoms with Crippen LogP contribution < -0.4 is 14.9 Å². The van der Waals surface area contributed by atoms with Crippen molar-refractivity contribution in [3.05, 3.63) is 54.1 Å². The number of benzene rings is 2. The monoisotopic (exact) mass is 412 g/mol. The second kappa shape index (κ2) is 7.67. The van der Waals surface area contributed by atoms with Crippen LogP contribution in [-0.4, -0.2) is 39.2 Å². The predicted molar refractivity (Wildman–Crippen MR) is 109 cm³/mol. The number of hydrogen-bond donors (Lipinski definition) is 2. The first kappa shape index (κ1) is 19.1. The van der Waals surface area contributed by atoms with Crippen molar-refractivity contribution in [1.82, 2.24) is 4.72 Å². The Labute approximate surface area is 168 Å². The van der Waals surface area contributed by atoms with Gasteiger partial charge in [0, 0.05) is 36.3 Å². The smallest absolute Gasteiger partial charge is 0.263 e. The number of aliphatic imine (C=N–C) groups is 1. The van der Waals surface area contributed by atoms with Crippen molar-refractivity contribution in [2.75, 3.05) is 23.3 Å². The molecule has 0 saturated carbocycles. The Bertz CT molecular complexity index is 1090. The number of carbonyl (C=O) groups is 2. The van der Waals surface area contributed by atoms with Gasteiger partial charge in [-0.25, -0.2) is 8.42 Å². The molecule has 2 heterocycles. The van der Waals surface area contributed by atoms with Gasteiger partial charge in [0.25, 0.3) is 10.0 Å². The lowest BCUT2D eigenvalue weighted by atomic mass is 10.2. The van der Waals surface area contributed by atoms with E-state index in [4.69, 9.17) is 0 Å². The molecule has 29 heavy (non-hydrogen) atoms. The maximum Gasteiger partial charge on any atom is 0.263 e. The summed E-state index contributed by atoms with van der Waals surface area (Å²) < 4.78 is 26.5. The lowest BCUT2D eigenvalue weighted by Gasteiger charge is -2.16. The van der Waals surface area contributed by atoms with Gasteiger partial charge in [-0.1, -0.05) is 12.1 Å². The molecule has 2 aliphatic heterocycles. The highest BCUT2D eigenvalue weighted by atomic mass is 32.2. The fourth-order valence-corrected chi connectivity index (χ4v) is 4.64. The Balaban J connectivity index is 1.34. The van der Waals surface area contributed by atoms with Crippen LogP contribution in [0.2, 0.25) is 0 Å². The van der Waals surface area contributed by atoms with E-state index in [-0.39, 0.29) is 35.5 Å². The number of sulfonamides is 1. The van der Waals surface area contributed by atoms with Crippen LogP contribution >= 0.6 is 0 Å². The van der Waals surface area contributed by atoms with Gasteiger partial charge in [-0.15, -0.1) is 0 Å². The minimum Gasteiger partial charge on any atom is -0.326 e. The number of amidine groups is 1. The van der Waals surface area contributed by atoms with Gasteiger partial charge in [0.2, 0.25) is 11.8 Å². The van der Waals surface area contributed by atoms with Crippen molar-refractivity contribution in [2.24, 2.45) is 4.99 Å². The molecule has 2 aromatic carbocycles. The zero-order chi connectivity index (χ0) is 20.4. The van der Waals surface area contributed by atoms with E-state index in [1.807, 2.05) is 12.1 Å². The fraction of sp³-hybridized carbons (Fsp3) is 0.250. The van der Waals surface area contributed by atoms with Crippen LogP contribution in [-0.2, 0) is 19.6 Å². The van der Waals surface area contributed by atoms with Crippen LogP contribution in [0.15, 0.2) is 58.4 Å². The molecule has 0 aromatic heterocycles. The molecule has 2 aromatic rings. The molecule has 4 rings (SSSR count). The highest BCUT2D eigenvalue weighted by Gasteiger charge is 2.30. The maximum absolute atomic E-state index is 12.2. The van der Waals surface area contributed by atoms with E-state index in [0.717, 1.165) is 18.7 Å². The van der Waals surface area contributed by atoms with Crippen molar-refractivity contribution >= 4 is 39.0 Å². The summed E-state index contributed by atoms with van der Waals surface area (Å²) in [6.45, 7) is 0.871. The first-order valence-electron chi connectivity index (χ1n) is 9.31. The number of fused-ring (bicyclic) bond motifs is 1. The number of rotatable bonds is 5. The van der Waals surface area contributed by atoms with Crippen molar-refractivity contribution < 1.29 is 18.0 Å². The van der Waals surface area contributed by atoms with Crippen molar-refractivity contribution in [2.45, 2.75) is 24.2 Å². The molecule has 2 aliphatic rings. The van der Waals surface area contributed by atoms with Gasteiger partial charge in [-0.2, -0.15) is 0 Å². The normalized spacial score (nSPS) is 18.6. The average Bonchev–Trinajstić information content (AvgIpc) is 3.24. The molecule has 8 nitrogen and oxygen atoms in total. The summed E-state index contributed by atoms with van der Waals surface area (Å²) in [6.07, 6.45) is 1.54. The topological polar surface area (TPSA) is 108 Å². The summed E-state index contributed by atoms with van der Waals surface area (Å²) in [5.74, 6) is 0.145. The second-order valence-electron chi connectivity index (χ2n) is 6.83. The molecule has 2 amide bonds. The van der Waals surface area contributed by atoms with E-state index in [9.17, 15) is 18.0 Å². The summed E-state index contributed by atoms with van der Waals surface area (Å²) in [5, 5.41) is 2.78. The van der Waals surface area contributed by atoms with E-state index < -0.39 is 10.0 Å². The summed E-state index contributed by atoms with van der Waals surface area (Å²) in [4.78, 5) is 30.1. The number of nitrogens with one attached hydrogen (secondary N) is 2. The Morgan fingerprint density at radius 2 is 1.90 bits per heavy atom. The number of nitrogens with zero attached hydrogens (tertiary/aromatic N) is 2. The minimum atomic E-state index is -3.58. The zero-order valence-corrected chi connectivity index (χ0v) is 16.4. The van der Waals surface area contributed by atoms with Crippen molar-refractivity contribution in [1.29, 1.82) is 0 Å². The molecule has 0 radical (unpaired) electrons. The molecule has 0 atom stereocenters. The van der Waals surface area contributed by atoms with Crippen LogP contribution in [0.5, 0.6) is 0 Å². The third-order valence-electron chi connectivity index (χ3n) is 4.81. The molecule has 0 spiro atoms. The minimum absolute atomic E-state index is 0.111. The van der Waals surface area contributed by atoms with Gasteiger partial charge in [-0.05, 0) is 42.8 Å². The van der Waals surface area contributed by atoms with Crippen LogP contribution in [0, 0.1) is 0 Å². The molecule has 2 N–H and O–H groups in total. The van der Waals surface area contributed by atoms with Gasteiger partial charge in [0.05, 0.1) is 11.4 Å². The van der Waals surface area contributed by atoms with Gasteiger partial charge in [0.1, 0.15) is 5.84 Å². The zero-order valence-electron chi connectivity index (χ0n) is 15.6. The third-order valence-corrected chi connectivity index (χ3v) is 6.20. The van der Waals surface area contributed by atoms with Crippen LogP contribution in [0.1, 0.15) is 24.8 Å². The Morgan fingerprint density at radius 3 is 2.62 bits per heavy atom. The van der Waals surface area contributed by atoms with E-state index in [1.54, 1.807) is 35.2 Å². The highest BCUT2D eigenvalue weighted by Crippen LogP contribution is 2.24. The summed E-state index contributed by atoms with van der Waals surface area (Å²) >= 11 is 0. The lowest BCUT2D eigenvalue weighted by molar-refractivity contribution is -0.117. The number of carbonyl (C=O) groups excluding carboxylic acids is 2. The maximum atomic E-state index is 12.2. The number of anilines is 2. The predicted octanol–water partition coefficient (Wildman–Crippen LogP) is 1.88. The Morgan fingerprint density at radius 1 is 1.14 bits per heavy atom. The van der Waals surface area contributed by atoms with Gasteiger partial charge >= 0.3 is 0 Å². The first-order valence-corrected chi connectivity index (χ1v) is 10.8.